The van der Waals surface area contributed by atoms with E-state index in [9.17, 15) is 0 Å². The summed E-state index contributed by atoms with van der Waals surface area (Å²) < 4.78 is 1.72. The molecule has 1 aromatic heterocycles. The van der Waals surface area contributed by atoms with Crippen LogP contribution in [0.25, 0.3) is 0 Å². The molecule has 1 aromatic rings. The van der Waals surface area contributed by atoms with E-state index in [1.165, 1.54) is 0 Å². The molecule has 64 valence electrons. The molecule has 1 rings (SSSR count). The molecule has 0 radical (unpaired) electrons. The standard InChI is InChI=1S/C7H11N5/c1-7(6-8)9-2-4-12-5-3-10-11-12/h3,5,7,9H,2,4H2,1H3. The quantitative estimate of drug-likeness (QED) is 0.669. The maximum atomic E-state index is 8.44. The van der Waals surface area contributed by atoms with Gasteiger partial charge in [-0.25, -0.2) is 0 Å². The maximum absolute atomic E-state index is 8.44. The van der Waals surface area contributed by atoms with E-state index >= 15 is 0 Å². The van der Waals surface area contributed by atoms with Crippen LogP contribution in [0.4, 0.5) is 0 Å². The van der Waals surface area contributed by atoms with Gasteiger partial charge >= 0.3 is 0 Å². The summed E-state index contributed by atoms with van der Waals surface area (Å²) in [6.07, 6.45) is 3.42. The smallest absolute Gasteiger partial charge is 0.0925 e. The van der Waals surface area contributed by atoms with Crippen LogP contribution in [-0.2, 0) is 6.54 Å². The Labute approximate surface area is 71.0 Å². The number of nitriles is 1. The molecule has 0 saturated heterocycles. The molecule has 0 aromatic carbocycles. The summed E-state index contributed by atoms with van der Waals surface area (Å²) in [4.78, 5) is 0. The summed E-state index contributed by atoms with van der Waals surface area (Å²) in [5.74, 6) is 0. The minimum atomic E-state index is -0.103. The van der Waals surface area contributed by atoms with Crippen LogP contribution < -0.4 is 5.32 Å². The molecule has 1 unspecified atom stereocenters. The SMILES string of the molecule is CC(C#N)NCCn1ccnn1. The number of hydrogen-bond acceptors (Lipinski definition) is 4. The summed E-state index contributed by atoms with van der Waals surface area (Å²) in [5.41, 5.74) is 0. The third kappa shape index (κ3) is 2.68. The summed E-state index contributed by atoms with van der Waals surface area (Å²) in [7, 11) is 0. The van der Waals surface area contributed by atoms with E-state index in [1.54, 1.807) is 17.1 Å². The predicted octanol–water partition coefficient (Wildman–Crippen LogP) is -0.220. The van der Waals surface area contributed by atoms with Crippen molar-refractivity contribution >= 4 is 0 Å². The average molecular weight is 165 g/mol. The van der Waals surface area contributed by atoms with Gasteiger partial charge in [0.2, 0.25) is 0 Å². The molecule has 1 heterocycles. The molecule has 0 aliphatic rings. The Balaban J connectivity index is 2.16. The van der Waals surface area contributed by atoms with Gasteiger partial charge in [0.15, 0.2) is 0 Å². The first kappa shape index (κ1) is 8.68. The molecule has 1 atom stereocenters. The molecule has 5 heteroatoms. The largest absolute Gasteiger partial charge is 0.300 e. The molecule has 0 aliphatic heterocycles. The highest BCUT2D eigenvalue weighted by molar-refractivity contribution is 4.84. The number of nitrogens with one attached hydrogen (secondary N) is 1. The van der Waals surface area contributed by atoms with E-state index in [0.29, 0.717) is 0 Å². The van der Waals surface area contributed by atoms with Gasteiger partial charge in [-0.15, -0.1) is 5.10 Å². The molecule has 0 spiro atoms. The van der Waals surface area contributed by atoms with Crippen molar-refractivity contribution in [3.63, 3.8) is 0 Å². The van der Waals surface area contributed by atoms with E-state index < -0.39 is 0 Å². The van der Waals surface area contributed by atoms with E-state index in [2.05, 4.69) is 21.7 Å². The van der Waals surface area contributed by atoms with Gasteiger partial charge in [-0.2, -0.15) is 5.26 Å². The lowest BCUT2D eigenvalue weighted by Crippen LogP contribution is -2.28. The van der Waals surface area contributed by atoms with Gasteiger partial charge in [0.1, 0.15) is 0 Å². The second kappa shape index (κ2) is 4.46. The zero-order chi connectivity index (χ0) is 8.81. The molecular weight excluding hydrogens is 154 g/mol. The normalized spacial score (nSPS) is 12.3. The monoisotopic (exact) mass is 165 g/mol. The number of aromatic nitrogens is 3. The highest BCUT2D eigenvalue weighted by Crippen LogP contribution is 1.81. The third-order valence-electron chi connectivity index (χ3n) is 1.46. The fourth-order valence-electron chi connectivity index (χ4n) is 0.793. The first-order valence-electron chi connectivity index (χ1n) is 3.80. The molecule has 5 nitrogen and oxygen atoms in total. The average Bonchev–Trinajstić information content (AvgIpc) is 2.57. The molecular formula is C7H11N5. The van der Waals surface area contributed by atoms with E-state index in [0.717, 1.165) is 13.1 Å². The van der Waals surface area contributed by atoms with Gasteiger partial charge in [0.25, 0.3) is 0 Å². The minimum Gasteiger partial charge on any atom is -0.300 e. The number of nitrogens with zero attached hydrogens (tertiary/aromatic N) is 4. The van der Waals surface area contributed by atoms with Crippen molar-refractivity contribution in [3.8, 4) is 6.07 Å². The molecule has 0 bridgehead atoms. The van der Waals surface area contributed by atoms with Crippen LogP contribution in [0, 0.1) is 11.3 Å². The Morgan fingerprint density at radius 1 is 1.75 bits per heavy atom. The van der Waals surface area contributed by atoms with Gasteiger partial charge in [-0.3, -0.25) is 4.68 Å². The van der Waals surface area contributed by atoms with E-state index in [-0.39, 0.29) is 6.04 Å². The van der Waals surface area contributed by atoms with Gasteiger partial charge in [-0.05, 0) is 6.92 Å². The lowest BCUT2D eigenvalue weighted by Gasteiger charge is -2.04. The van der Waals surface area contributed by atoms with Gasteiger partial charge in [0, 0.05) is 12.7 Å². The maximum Gasteiger partial charge on any atom is 0.0925 e. The van der Waals surface area contributed by atoms with Crippen molar-refractivity contribution in [3.05, 3.63) is 12.4 Å². The number of rotatable bonds is 4. The van der Waals surface area contributed by atoms with Crippen molar-refractivity contribution in [1.82, 2.24) is 20.3 Å². The number of hydrogen-bond donors (Lipinski definition) is 1. The highest BCUT2D eigenvalue weighted by Gasteiger charge is 1.96. The van der Waals surface area contributed by atoms with Gasteiger partial charge in [-0.1, -0.05) is 5.21 Å². The van der Waals surface area contributed by atoms with Crippen LogP contribution in [0.1, 0.15) is 6.92 Å². The first-order chi connectivity index (χ1) is 5.83. The Morgan fingerprint density at radius 3 is 3.17 bits per heavy atom. The van der Waals surface area contributed by atoms with Crippen molar-refractivity contribution in [2.75, 3.05) is 6.54 Å². The first-order valence-corrected chi connectivity index (χ1v) is 3.80. The Hall–Kier alpha value is -1.41. The Bertz CT molecular complexity index is 247. The summed E-state index contributed by atoms with van der Waals surface area (Å²) in [6.45, 7) is 3.30. The van der Waals surface area contributed by atoms with Gasteiger partial charge < -0.3 is 5.32 Å². The zero-order valence-corrected chi connectivity index (χ0v) is 6.94. The zero-order valence-electron chi connectivity index (χ0n) is 6.94. The van der Waals surface area contributed by atoms with Gasteiger partial charge in [0.05, 0.1) is 24.9 Å². The molecule has 0 fully saturated rings. The van der Waals surface area contributed by atoms with Crippen LogP contribution in [0.15, 0.2) is 12.4 Å². The Morgan fingerprint density at radius 2 is 2.58 bits per heavy atom. The second-order valence-corrected chi connectivity index (χ2v) is 2.47. The highest BCUT2D eigenvalue weighted by atomic mass is 15.4. The topological polar surface area (TPSA) is 66.5 Å². The van der Waals surface area contributed by atoms with Crippen LogP contribution in [0.2, 0.25) is 0 Å². The van der Waals surface area contributed by atoms with Crippen molar-refractivity contribution in [2.24, 2.45) is 0 Å². The Kier molecular flexibility index (Phi) is 3.23. The molecule has 0 saturated carbocycles. The lowest BCUT2D eigenvalue weighted by atomic mass is 10.4. The van der Waals surface area contributed by atoms with E-state index in [4.69, 9.17) is 5.26 Å². The molecule has 0 amide bonds. The minimum absolute atomic E-state index is 0.103. The third-order valence-corrected chi connectivity index (χ3v) is 1.46. The second-order valence-electron chi connectivity index (χ2n) is 2.47. The predicted molar refractivity (Wildman–Crippen MR) is 43.1 cm³/mol. The van der Waals surface area contributed by atoms with Crippen molar-refractivity contribution < 1.29 is 0 Å². The summed E-state index contributed by atoms with van der Waals surface area (Å²) in [5, 5.41) is 18.9. The van der Waals surface area contributed by atoms with Crippen LogP contribution in [-0.4, -0.2) is 27.6 Å². The lowest BCUT2D eigenvalue weighted by molar-refractivity contribution is 0.526. The van der Waals surface area contributed by atoms with Crippen LogP contribution >= 0.6 is 0 Å². The molecule has 12 heavy (non-hydrogen) atoms. The van der Waals surface area contributed by atoms with Crippen molar-refractivity contribution in [2.45, 2.75) is 19.5 Å². The fraction of sp³-hybridized carbons (Fsp3) is 0.571. The van der Waals surface area contributed by atoms with E-state index in [1.807, 2.05) is 6.92 Å². The molecule has 0 aliphatic carbocycles. The van der Waals surface area contributed by atoms with Crippen molar-refractivity contribution in [1.29, 1.82) is 5.26 Å². The fourth-order valence-corrected chi connectivity index (χ4v) is 0.793. The van der Waals surface area contributed by atoms with Crippen LogP contribution in [0.5, 0.6) is 0 Å². The summed E-state index contributed by atoms with van der Waals surface area (Å²) in [6, 6.07) is 1.99. The molecule has 1 N–H and O–H groups in total. The van der Waals surface area contributed by atoms with Crippen LogP contribution in [0.3, 0.4) is 0 Å². The summed E-state index contributed by atoms with van der Waals surface area (Å²) >= 11 is 0.